The summed E-state index contributed by atoms with van der Waals surface area (Å²) < 4.78 is 1.82. The van der Waals surface area contributed by atoms with E-state index in [-0.39, 0.29) is 18.1 Å². The molecule has 0 spiro atoms. The average molecular weight is 337 g/mol. The van der Waals surface area contributed by atoms with Gasteiger partial charge in [0.15, 0.2) is 5.69 Å². The maximum atomic E-state index is 11.7. The number of amidine groups is 1. The number of nitrogens with two attached hydrogens (primary N) is 1. The summed E-state index contributed by atoms with van der Waals surface area (Å²) in [5.74, 6) is 5.95. The average Bonchev–Trinajstić information content (AvgIpc) is 2.93. The fourth-order valence-electron chi connectivity index (χ4n) is 2.73. The van der Waals surface area contributed by atoms with E-state index in [2.05, 4.69) is 24.3 Å². The van der Waals surface area contributed by atoms with E-state index in [1.165, 1.54) is 0 Å². The van der Waals surface area contributed by atoms with E-state index in [0.29, 0.717) is 17.3 Å². The van der Waals surface area contributed by atoms with Crippen LogP contribution in [0.25, 0.3) is 0 Å². The number of fused-ring (bicyclic) bond motifs is 1. The van der Waals surface area contributed by atoms with Gasteiger partial charge in [-0.1, -0.05) is 32.0 Å². The molecule has 1 aliphatic rings. The molecule has 0 aliphatic carbocycles. The van der Waals surface area contributed by atoms with Gasteiger partial charge in [-0.25, -0.2) is 5.84 Å². The number of phenolic OH excluding ortho intramolecular Hbond substituents is 1. The highest BCUT2D eigenvalue weighted by atomic mass is 16.3. The number of nitrogens with one attached hydrogen (secondary N) is 1. The van der Waals surface area contributed by atoms with Crippen LogP contribution in [0, 0.1) is 0 Å². The standard InChI is InChI=1S/C19H20N4O2/c1-12(2)13-7-8-17(24)14(9-13)11-23-16-6-4-3-5-15(16)21-18(23)10-19(25)22-20/h3-9,11-12H,10,20H2,1-2H3,(H,22,25)/p+1. The van der Waals surface area contributed by atoms with Crippen LogP contribution in [-0.2, 0) is 4.79 Å². The van der Waals surface area contributed by atoms with Gasteiger partial charge in [-0.15, -0.1) is 0 Å². The van der Waals surface area contributed by atoms with E-state index >= 15 is 0 Å². The Morgan fingerprint density at radius 1 is 1.32 bits per heavy atom. The van der Waals surface area contributed by atoms with Crippen molar-refractivity contribution in [2.24, 2.45) is 10.8 Å². The number of aromatic hydroxyl groups is 1. The molecule has 1 heterocycles. The summed E-state index contributed by atoms with van der Waals surface area (Å²) >= 11 is 0. The first-order chi connectivity index (χ1) is 12.0. The van der Waals surface area contributed by atoms with Crippen molar-refractivity contribution in [1.82, 2.24) is 5.43 Å². The highest BCUT2D eigenvalue weighted by Crippen LogP contribution is 2.34. The molecule has 6 heteroatoms. The summed E-state index contributed by atoms with van der Waals surface area (Å²) in [5, 5.41) is 10.2. The molecule has 0 aromatic heterocycles. The number of hydrogen-bond donors (Lipinski definition) is 3. The molecule has 1 aliphatic heterocycles. The van der Waals surface area contributed by atoms with Crippen LogP contribution in [0.1, 0.15) is 37.3 Å². The third-order valence-electron chi connectivity index (χ3n) is 4.13. The number of amides is 1. The largest absolute Gasteiger partial charge is 0.507 e. The van der Waals surface area contributed by atoms with Gasteiger partial charge in [0, 0.05) is 0 Å². The summed E-state index contributed by atoms with van der Waals surface area (Å²) in [6, 6.07) is 13.1. The second-order valence-corrected chi connectivity index (χ2v) is 6.23. The Kier molecular flexibility index (Phi) is 4.63. The Bertz CT molecular complexity index is 885. The number of aliphatic imine (C=N–C) groups is 1. The van der Waals surface area contributed by atoms with Crippen LogP contribution in [0.15, 0.2) is 47.5 Å². The number of para-hydroxylation sites is 2. The van der Waals surface area contributed by atoms with Gasteiger partial charge >= 0.3 is 5.84 Å². The zero-order valence-corrected chi connectivity index (χ0v) is 14.2. The van der Waals surface area contributed by atoms with Gasteiger partial charge in [0.05, 0.1) is 5.56 Å². The number of carbonyl (C=O) groups is 1. The van der Waals surface area contributed by atoms with Crippen LogP contribution in [0.2, 0.25) is 0 Å². The number of carbonyl (C=O) groups excluding carboxylic acids is 1. The van der Waals surface area contributed by atoms with Crippen molar-refractivity contribution < 1.29 is 14.5 Å². The molecule has 25 heavy (non-hydrogen) atoms. The van der Waals surface area contributed by atoms with E-state index in [0.717, 1.165) is 16.9 Å². The van der Waals surface area contributed by atoms with Gasteiger partial charge in [0.2, 0.25) is 11.6 Å². The number of nitrogens with zero attached hydrogens (tertiary/aromatic N) is 2. The maximum absolute atomic E-state index is 11.7. The molecule has 0 radical (unpaired) electrons. The van der Waals surface area contributed by atoms with Crippen molar-refractivity contribution in [3.05, 3.63) is 53.6 Å². The van der Waals surface area contributed by atoms with Crippen LogP contribution in [0.4, 0.5) is 11.4 Å². The fourth-order valence-corrected chi connectivity index (χ4v) is 2.73. The lowest BCUT2D eigenvalue weighted by atomic mass is 10.0. The van der Waals surface area contributed by atoms with Gasteiger partial charge < -0.3 is 5.11 Å². The molecule has 2 aromatic rings. The molecule has 0 bridgehead atoms. The normalized spacial score (nSPS) is 14.6. The van der Waals surface area contributed by atoms with Gasteiger partial charge in [0.1, 0.15) is 18.4 Å². The predicted octanol–water partition coefficient (Wildman–Crippen LogP) is 2.70. The second kappa shape index (κ2) is 6.86. The number of hydrazine groups is 1. The van der Waals surface area contributed by atoms with Crippen LogP contribution in [0.5, 0.6) is 5.75 Å². The molecule has 0 atom stereocenters. The van der Waals surface area contributed by atoms with E-state index in [4.69, 9.17) is 5.84 Å². The Morgan fingerprint density at radius 2 is 2.08 bits per heavy atom. The minimum Gasteiger partial charge on any atom is -0.507 e. The van der Waals surface area contributed by atoms with Crippen molar-refractivity contribution in [3.63, 3.8) is 0 Å². The molecule has 0 unspecified atom stereocenters. The molecule has 0 saturated heterocycles. The van der Waals surface area contributed by atoms with E-state index in [1.54, 1.807) is 12.3 Å². The molecular weight excluding hydrogens is 316 g/mol. The van der Waals surface area contributed by atoms with Gasteiger partial charge in [-0.3, -0.25) is 10.2 Å². The minimum absolute atomic E-state index is 0.0479. The Labute approximate surface area is 146 Å². The second-order valence-electron chi connectivity index (χ2n) is 6.23. The summed E-state index contributed by atoms with van der Waals surface area (Å²) in [7, 11) is 0. The van der Waals surface area contributed by atoms with Crippen LogP contribution in [-0.4, -0.2) is 27.6 Å². The molecule has 3 rings (SSSR count). The summed E-state index contributed by atoms with van der Waals surface area (Å²) in [6.07, 6.45) is 1.85. The molecular formula is C19H21N4O2+. The smallest absolute Gasteiger partial charge is 0.314 e. The van der Waals surface area contributed by atoms with E-state index in [1.807, 2.05) is 41.0 Å². The van der Waals surface area contributed by atoms with Crippen LogP contribution < -0.4 is 11.3 Å². The Morgan fingerprint density at radius 3 is 2.80 bits per heavy atom. The van der Waals surface area contributed by atoms with Crippen molar-refractivity contribution in [3.8, 4) is 5.75 Å². The number of phenols is 1. The first-order valence-corrected chi connectivity index (χ1v) is 8.12. The Balaban J connectivity index is 2.09. The van der Waals surface area contributed by atoms with Gasteiger partial charge in [0.25, 0.3) is 0 Å². The monoisotopic (exact) mass is 337 g/mol. The topological polar surface area (TPSA) is 90.7 Å². The molecule has 0 fully saturated rings. The zero-order valence-electron chi connectivity index (χ0n) is 14.2. The third-order valence-corrected chi connectivity index (χ3v) is 4.13. The maximum Gasteiger partial charge on any atom is 0.314 e. The molecule has 6 nitrogen and oxygen atoms in total. The van der Waals surface area contributed by atoms with Crippen LogP contribution in [0.3, 0.4) is 0 Å². The lowest BCUT2D eigenvalue weighted by Crippen LogP contribution is -2.33. The highest BCUT2D eigenvalue weighted by molar-refractivity contribution is 6.02. The van der Waals surface area contributed by atoms with E-state index < -0.39 is 0 Å². The first-order valence-electron chi connectivity index (χ1n) is 8.12. The highest BCUT2D eigenvalue weighted by Gasteiger charge is 2.31. The summed E-state index contributed by atoms with van der Waals surface area (Å²) in [5.41, 5.74) is 5.55. The Hall–Kier alpha value is -2.99. The fraction of sp³-hybridized carbons (Fsp3) is 0.211. The predicted molar refractivity (Wildman–Crippen MR) is 97.8 cm³/mol. The van der Waals surface area contributed by atoms with Crippen LogP contribution >= 0.6 is 0 Å². The van der Waals surface area contributed by atoms with Crippen molar-refractivity contribution in [2.45, 2.75) is 26.2 Å². The molecule has 128 valence electrons. The van der Waals surface area contributed by atoms with Gasteiger partial charge in [-0.05, 0) is 40.7 Å². The first kappa shape index (κ1) is 16.9. The quantitative estimate of drug-likeness (QED) is 0.347. The van der Waals surface area contributed by atoms with Crippen molar-refractivity contribution in [2.75, 3.05) is 0 Å². The SMILES string of the molecule is CC(C)c1ccc(O)c(C=[N+]2C(CC(=O)NN)=Nc3ccccc32)c1. The van der Waals surface area contributed by atoms with Gasteiger partial charge in [-0.2, -0.15) is 4.58 Å². The minimum atomic E-state index is -0.329. The number of hydrogen-bond acceptors (Lipinski definition) is 4. The van der Waals surface area contributed by atoms with E-state index in [9.17, 15) is 9.90 Å². The molecule has 0 saturated carbocycles. The van der Waals surface area contributed by atoms with Crippen molar-refractivity contribution >= 4 is 29.3 Å². The third kappa shape index (κ3) is 3.44. The summed E-state index contributed by atoms with van der Waals surface area (Å²) in [4.78, 5) is 16.2. The lowest BCUT2D eigenvalue weighted by molar-refractivity contribution is -0.296. The molecule has 1 amide bonds. The molecule has 4 N–H and O–H groups in total. The molecule has 2 aromatic carbocycles. The number of rotatable bonds is 4. The lowest BCUT2D eigenvalue weighted by Gasteiger charge is -2.08. The zero-order chi connectivity index (χ0) is 18.0. The summed E-state index contributed by atoms with van der Waals surface area (Å²) in [6.45, 7) is 4.19. The van der Waals surface area contributed by atoms with Crippen molar-refractivity contribution in [1.29, 1.82) is 0 Å². The number of benzene rings is 2.